The van der Waals surface area contributed by atoms with Crippen molar-refractivity contribution in [3.8, 4) is 10.6 Å². The van der Waals surface area contributed by atoms with Gasteiger partial charge < -0.3 is 15.5 Å². The second-order valence-corrected chi connectivity index (χ2v) is 6.12. The van der Waals surface area contributed by atoms with Crippen molar-refractivity contribution in [1.82, 2.24) is 14.7 Å². The van der Waals surface area contributed by atoms with Gasteiger partial charge in [-0.25, -0.2) is 0 Å². The van der Waals surface area contributed by atoms with Gasteiger partial charge in [0, 0.05) is 12.6 Å². The Morgan fingerprint density at radius 2 is 2.08 bits per heavy atom. The van der Waals surface area contributed by atoms with Crippen LogP contribution in [0.4, 0.5) is 0 Å². The Bertz CT molecular complexity index is 921. The highest BCUT2D eigenvalue weighted by molar-refractivity contribution is 7.10. The first-order valence-electron chi connectivity index (χ1n) is 7.59. The third kappa shape index (κ3) is 3.83. The number of rotatable bonds is 7. The lowest BCUT2D eigenvalue weighted by Gasteiger charge is -2.15. The SMILES string of the molecule is NC(=O)C(=O)C(Cc1ccco1)NC(=O)c1cnsc1-c1ccccn1. The van der Waals surface area contributed by atoms with Crippen LogP contribution in [0.5, 0.6) is 0 Å². The van der Waals surface area contributed by atoms with Gasteiger partial charge in [0.05, 0.1) is 28.6 Å². The van der Waals surface area contributed by atoms with Crippen LogP contribution in [0.3, 0.4) is 0 Å². The second-order valence-electron chi connectivity index (χ2n) is 5.32. The van der Waals surface area contributed by atoms with E-state index in [1.54, 1.807) is 36.5 Å². The summed E-state index contributed by atoms with van der Waals surface area (Å²) in [4.78, 5) is 40.8. The van der Waals surface area contributed by atoms with E-state index in [0.29, 0.717) is 16.3 Å². The van der Waals surface area contributed by atoms with Gasteiger partial charge in [0.15, 0.2) is 0 Å². The van der Waals surface area contributed by atoms with Gasteiger partial charge in [-0.15, -0.1) is 0 Å². The van der Waals surface area contributed by atoms with Crippen LogP contribution < -0.4 is 11.1 Å². The highest BCUT2D eigenvalue weighted by Gasteiger charge is 2.28. The van der Waals surface area contributed by atoms with Gasteiger partial charge in [-0.1, -0.05) is 6.07 Å². The number of hydrogen-bond acceptors (Lipinski definition) is 7. The van der Waals surface area contributed by atoms with Crippen LogP contribution in [0.15, 0.2) is 53.4 Å². The normalized spacial score (nSPS) is 11.7. The molecule has 0 aromatic carbocycles. The molecule has 3 aromatic heterocycles. The molecule has 0 radical (unpaired) electrons. The average molecular weight is 370 g/mol. The molecule has 3 heterocycles. The Kier molecular flexibility index (Phi) is 5.18. The maximum Gasteiger partial charge on any atom is 0.287 e. The van der Waals surface area contributed by atoms with Crippen LogP contribution in [0.25, 0.3) is 10.6 Å². The topological polar surface area (TPSA) is 128 Å². The molecule has 0 aliphatic carbocycles. The number of nitrogens with zero attached hydrogens (tertiary/aromatic N) is 2. The fourth-order valence-corrected chi connectivity index (χ4v) is 3.05. The summed E-state index contributed by atoms with van der Waals surface area (Å²) in [5, 5.41) is 2.54. The van der Waals surface area contributed by atoms with E-state index >= 15 is 0 Å². The zero-order chi connectivity index (χ0) is 18.5. The predicted molar refractivity (Wildman–Crippen MR) is 93.2 cm³/mol. The molecule has 0 spiro atoms. The molecule has 9 heteroatoms. The zero-order valence-corrected chi connectivity index (χ0v) is 14.2. The summed E-state index contributed by atoms with van der Waals surface area (Å²) < 4.78 is 9.21. The average Bonchev–Trinajstić information content (AvgIpc) is 3.32. The van der Waals surface area contributed by atoms with Gasteiger partial charge in [0.1, 0.15) is 11.8 Å². The minimum atomic E-state index is -1.14. The van der Waals surface area contributed by atoms with Gasteiger partial charge in [-0.05, 0) is 35.8 Å². The third-order valence-electron chi connectivity index (χ3n) is 3.56. The summed E-state index contributed by atoms with van der Waals surface area (Å²) >= 11 is 1.11. The Hall–Kier alpha value is -3.33. The number of nitrogens with one attached hydrogen (secondary N) is 1. The van der Waals surface area contributed by atoms with E-state index in [-0.39, 0.29) is 12.0 Å². The third-order valence-corrected chi connectivity index (χ3v) is 4.39. The first-order chi connectivity index (χ1) is 12.6. The van der Waals surface area contributed by atoms with Crippen LogP contribution in [0.1, 0.15) is 16.1 Å². The molecule has 0 saturated carbocycles. The highest BCUT2D eigenvalue weighted by atomic mass is 32.1. The molecule has 8 nitrogen and oxygen atoms in total. The number of nitrogens with two attached hydrogens (primary N) is 1. The van der Waals surface area contributed by atoms with Gasteiger partial charge >= 0.3 is 0 Å². The first kappa shape index (κ1) is 17.5. The van der Waals surface area contributed by atoms with Crippen LogP contribution >= 0.6 is 11.5 Å². The summed E-state index contributed by atoms with van der Waals surface area (Å²) in [7, 11) is 0. The van der Waals surface area contributed by atoms with Gasteiger partial charge in [0.25, 0.3) is 11.8 Å². The number of amides is 2. The molecule has 3 rings (SSSR count). The Balaban J connectivity index is 1.83. The zero-order valence-electron chi connectivity index (χ0n) is 13.4. The van der Waals surface area contributed by atoms with Crippen molar-refractivity contribution >= 4 is 29.1 Å². The fourth-order valence-electron chi connectivity index (χ4n) is 2.33. The molecule has 3 N–H and O–H groups in total. The van der Waals surface area contributed by atoms with E-state index in [0.717, 1.165) is 11.5 Å². The molecule has 0 saturated heterocycles. The van der Waals surface area contributed by atoms with Crippen LogP contribution in [-0.2, 0) is 16.0 Å². The first-order valence-corrected chi connectivity index (χ1v) is 8.36. The van der Waals surface area contributed by atoms with E-state index < -0.39 is 23.6 Å². The molecule has 0 bridgehead atoms. The number of Topliss-reactive ketones (excluding diaryl/α,β-unsaturated/α-hetero) is 1. The van der Waals surface area contributed by atoms with Crippen molar-refractivity contribution < 1.29 is 18.8 Å². The summed E-state index contributed by atoms with van der Waals surface area (Å²) in [5.41, 5.74) is 5.94. The highest BCUT2D eigenvalue weighted by Crippen LogP contribution is 2.25. The summed E-state index contributed by atoms with van der Waals surface area (Å²) in [6.07, 6.45) is 4.44. The lowest BCUT2D eigenvalue weighted by Crippen LogP contribution is -2.47. The van der Waals surface area contributed by atoms with E-state index in [2.05, 4.69) is 14.7 Å². The standard InChI is InChI=1S/C17H14N4O4S/c18-16(23)14(22)13(8-10-4-3-7-25-10)21-17(24)11-9-20-26-15(11)12-5-1-2-6-19-12/h1-7,9,13H,8H2,(H2,18,23)(H,21,24). The van der Waals surface area contributed by atoms with E-state index in [1.165, 1.54) is 12.5 Å². The number of primary amides is 1. The van der Waals surface area contributed by atoms with Crippen LogP contribution in [-0.4, -0.2) is 33.0 Å². The number of ketones is 1. The van der Waals surface area contributed by atoms with Crippen molar-refractivity contribution in [2.24, 2.45) is 5.73 Å². The lowest BCUT2D eigenvalue weighted by atomic mass is 10.1. The minimum absolute atomic E-state index is 0.0109. The number of carbonyl (C=O) groups excluding carboxylic acids is 3. The summed E-state index contributed by atoms with van der Waals surface area (Å²) in [6.45, 7) is 0. The summed E-state index contributed by atoms with van der Waals surface area (Å²) in [5.74, 6) is -2.14. The van der Waals surface area contributed by atoms with Crippen molar-refractivity contribution in [2.45, 2.75) is 12.5 Å². The Labute approximate surface area is 152 Å². The number of pyridine rings is 1. The summed E-state index contributed by atoms with van der Waals surface area (Å²) in [6, 6.07) is 7.45. The van der Waals surface area contributed by atoms with Crippen molar-refractivity contribution in [1.29, 1.82) is 0 Å². The van der Waals surface area contributed by atoms with Crippen LogP contribution in [0.2, 0.25) is 0 Å². The molecular formula is C17H14N4O4S. The Morgan fingerprint density at radius 1 is 1.23 bits per heavy atom. The largest absolute Gasteiger partial charge is 0.469 e. The van der Waals surface area contributed by atoms with Crippen molar-refractivity contribution in [2.75, 3.05) is 0 Å². The molecular weight excluding hydrogens is 356 g/mol. The van der Waals surface area contributed by atoms with Gasteiger partial charge in [0.2, 0.25) is 5.78 Å². The Morgan fingerprint density at radius 3 is 2.73 bits per heavy atom. The molecule has 1 unspecified atom stereocenters. The van der Waals surface area contributed by atoms with E-state index in [1.807, 2.05) is 0 Å². The van der Waals surface area contributed by atoms with Crippen molar-refractivity contribution in [3.63, 3.8) is 0 Å². The van der Waals surface area contributed by atoms with Gasteiger partial charge in [-0.3, -0.25) is 19.4 Å². The van der Waals surface area contributed by atoms with E-state index in [4.69, 9.17) is 10.2 Å². The van der Waals surface area contributed by atoms with Gasteiger partial charge in [-0.2, -0.15) is 4.37 Å². The number of furan rings is 1. The fraction of sp³-hybridized carbons (Fsp3) is 0.118. The van der Waals surface area contributed by atoms with Crippen molar-refractivity contribution in [3.05, 3.63) is 60.3 Å². The van der Waals surface area contributed by atoms with Crippen LogP contribution in [0, 0.1) is 0 Å². The molecule has 1 atom stereocenters. The molecule has 2 amide bonds. The second kappa shape index (κ2) is 7.70. The smallest absolute Gasteiger partial charge is 0.287 e. The maximum atomic E-state index is 12.7. The quantitative estimate of drug-likeness (QED) is 0.601. The lowest BCUT2D eigenvalue weighted by molar-refractivity contribution is -0.137. The molecule has 0 aliphatic heterocycles. The molecule has 26 heavy (non-hydrogen) atoms. The monoisotopic (exact) mass is 370 g/mol. The number of carbonyl (C=O) groups is 3. The maximum absolute atomic E-state index is 12.7. The number of aromatic nitrogens is 2. The predicted octanol–water partition coefficient (Wildman–Crippen LogP) is 1.19. The molecule has 3 aromatic rings. The number of hydrogen-bond donors (Lipinski definition) is 2. The van der Waals surface area contributed by atoms with E-state index in [9.17, 15) is 14.4 Å². The minimum Gasteiger partial charge on any atom is -0.469 e. The molecule has 0 fully saturated rings. The molecule has 132 valence electrons. The molecule has 0 aliphatic rings.